The summed E-state index contributed by atoms with van der Waals surface area (Å²) in [5.74, 6) is -0.814. The second-order valence-corrected chi connectivity index (χ2v) is 4.51. The first-order valence-corrected chi connectivity index (χ1v) is 6.34. The van der Waals surface area contributed by atoms with Crippen LogP contribution in [0.5, 0.6) is 0 Å². The van der Waals surface area contributed by atoms with Crippen molar-refractivity contribution in [1.29, 1.82) is 0 Å². The molecule has 2 rings (SSSR count). The number of rotatable bonds is 5. The van der Waals surface area contributed by atoms with Crippen molar-refractivity contribution in [2.75, 3.05) is 13.2 Å². The molecule has 1 aromatic rings. The summed E-state index contributed by atoms with van der Waals surface area (Å²) >= 11 is 0. The maximum atomic E-state index is 10.6. The first-order valence-electron chi connectivity index (χ1n) is 6.34. The van der Waals surface area contributed by atoms with Crippen molar-refractivity contribution in [3.8, 4) is 0 Å². The van der Waals surface area contributed by atoms with Crippen LogP contribution >= 0.6 is 0 Å². The number of carboxylic acid groups (broad SMARTS) is 1. The molecule has 4 heteroatoms. The molecule has 19 heavy (non-hydrogen) atoms. The van der Waals surface area contributed by atoms with Crippen LogP contribution in [0, 0.1) is 0 Å². The van der Waals surface area contributed by atoms with Crippen molar-refractivity contribution in [1.82, 2.24) is 9.80 Å². The third-order valence-electron chi connectivity index (χ3n) is 3.00. The summed E-state index contributed by atoms with van der Waals surface area (Å²) in [6.45, 7) is 2.75. The Morgan fingerprint density at radius 2 is 2.05 bits per heavy atom. The van der Waals surface area contributed by atoms with Gasteiger partial charge in [0.15, 0.2) is 0 Å². The largest absolute Gasteiger partial charge is 0.480 e. The fourth-order valence-electron chi connectivity index (χ4n) is 1.90. The molecule has 4 nitrogen and oxygen atoms in total. The lowest BCUT2D eigenvalue weighted by Crippen LogP contribution is -2.27. The van der Waals surface area contributed by atoms with Crippen molar-refractivity contribution >= 4 is 12.0 Å². The van der Waals surface area contributed by atoms with E-state index in [1.165, 1.54) is 5.56 Å². The van der Waals surface area contributed by atoms with Crippen LogP contribution in [0.1, 0.15) is 18.1 Å². The van der Waals surface area contributed by atoms with Gasteiger partial charge in [-0.1, -0.05) is 31.2 Å². The van der Waals surface area contributed by atoms with Crippen LogP contribution in [0.4, 0.5) is 0 Å². The Labute approximate surface area is 113 Å². The molecular formula is C15H18N2O2. The van der Waals surface area contributed by atoms with E-state index in [-0.39, 0.29) is 6.54 Å². The van der Waals surface area contributed by atoms with Crippen LogP contribution in [-0.2, 0) is 11.2 Å². The van der Waals surface area contributed by atoms with Gasteiger partial charge in [-0.3, -0.25) is 4.79 Å². The molecule has 0 saturated carbocycles. The summed E-state index contributed by atoms with van der Waals surface area (Å²) in [6.07, 6.45) is 8.69. The molecule has 0 unspecified atom stereocenters. The topological polar surface area (TPSA) is 43.8 Å². The summed E-state index contributed by atoms with van der Waals surface area (Å²) < 4.78 is 0. The van der Waals surface area contributed by atoms with Gasteiger partial charge in [-0.2, -0.15) is 0 Å². The molecule has 0 bridgehead atoms. The fraction of sp³-hybridized carbons (Fsp3) is 0.267. The predicted octanol–water partition coefficient (Wildman–Crippen LogP) is 2.35. The normalized spacial score (nSPS) is 14.6. The maximum Gasteiger partial charge on any atom is 0.323 e. The van der Waals surface area contributed by atoms with E-state index < -0.39 is 5.97 Å². The summed E-state index contributed by atoms with van der Waals surface area (Å²) in [7, 11) is 0. The third-order valence-corrected chi connectivity index (χ3v) is 3.00. The molecule has 0 fully saturated rings. The molecule has 0 saturated heterocycles. The van der Waals surface area contributed by atoms with Gasteiger partial charge in [0.1, 0.15) is 6.54 Å². The zero-order valence-corrected chi connectivity index (χ0v) is 11.0. The number of hydrogen-bond donors (Lipinski definition) is 1. The van der Waals surface area contributed by atoms with Gasteiger partial charge in [-0.15, -0.1) is 0 Å². The summed E-state index contributed by atoms with van der Waals surface area (Å²) in [5.41, 5.74) is 2.47. The number of nitrogens with zero attached hydrogens (tertiary/aromatic N) is 2. The minimum absolute atomic E-state index is 0.0338. The van der Waals surface area contributed by atoms with Gasteiger partial charge in [0.2, 0.25) is 0 Å². The standard InChI is InChI=1S/C15H18N2O2/c1-2-13-3-5-14(6-4-13)7-8-16-9-10-17(12-16)11-15(18)19/h3-10H,2,11-12H2,1H3,(H,18,19). The maximum absolute atomic E-state index is 10.6. The van der Waals surface area contributed by atoms with Gasteiger partial charge in [-0.05, 0) is 23.6 Å². The van der Waals surface area contributed by atoms with E-state index in [1.54, 1.807) is 11.1 Å². The lowest BCUT2D eigenvalue weighted by Gasteiger charge is -2.16. The minimum atomic E-state index is -0.814. The Balaban J connectivity index is 1.89. The molecule has 0 aromatic heterocycles. The van der Waals surface area contributed by atoms with E-state index in [0.717, 1.165) is 12.0 Å². The van der Waals surface area contributed by atoms with Gasteiger partial charge >= 0.3 is 5.97 Å². The summed E-state index contributed by atoms with van der Waals surface area (Å²) in [6, 6.07) is 8.42. The highest BCUT2D eigenvalue weighted by molar-refractivity contribution is 5.69. The molecule has 0 atom stereocenters. The Bertz CT molecular complexity index is 491. The highest BCUT2D eigenvalue weighted by Gasteiger charge is 2.12. The molecule has 1 aliphatic rings. The van der Waals surface area contributed by atoms with E-state index in [0.29, 0.717) is 6.67 Å². The molecule has 0 radical (unpaired) electrons. The van der Waals surface area contributed by atoms with Crippen LogP contribution < -0.4 is 0 Å². The molecule has 1 N–H and O–H groups in total. The molecule has 0 spiro atoms. The third kappa shape index (κ3) is 3.88. The molecular weight excluding hydrogens is 240 g/mol. The van der Waals surface area contributed by atoms with Gasteiger partial charge in [0.25, 0.3) is 0 Å². The van der Waals surface area contributed by atoms with Gasteiger partial charge in [-0.25, -0.2) is 0 Å². The highest BCUT2D eigenvalue weighted by atomic mass is 16.4. The second kappa shape index (κ2) is 6.09. The number of hydrogen-bond acceptors (Lipinski definition) is 3. The van der Waals surface area contributed by atoms with E-state index in [1.807, 2.05) is 23.4 Å². The van der Waals surface area contributed by atoms with E-state index >= 15 is 0 Å². The predicted molar refractivity (Wildman–Crippen MR) is 75.0 cm³/mol. The zero-order chi connectivity index (χ0) is 13.7. The van der Waals surface area contributed by atoms with Crippen LogP contribution in [0.2, 0.25) is 0 Å². The van der Waals surface area contributed by atoms with Crippen LogP contribution in [-0.4, -0.2) is 34.1 Å². The van der Waals surface area contributed by atoms with E-state index in [2.05, 4.69) is 31.2 Å². The highest BCUT2D eigenvalue weighted by Crippen LogP contribution is 2.10. The van der Waals surface area contributed by atoms with Crippen molar-refractivity contribution in [2.45, 2.75) is 13.3 Å². The van der Waals surface area contributed by atoms with Gasteiger partial charge in [0, 0.05) is 18.6 Å². The van der Waals surface area contributed by atoms with Crippen molar-refractivity contribution < 1.29 is 9.90 Å². The Morgan fingerprint density at radius 1 is 1.32 bits per heavy atom. The quantitative estimate of drug-likeness (QED) is 0.880. The summed E-state index contributed by atoms with van der Waals surface area (Å²) in [4.78, 5) is 14.3. The SMILES string of the molecule is CCc1ccc(C=CN2C=CN(CC(=O)O)C2)cc1. The first-order chi connectivity index (χ1) is 9.17. The monoisotopic (exact) mass is 258 g/mol. The average molecular weight is 258 g/mol. The summed E-state index contributed by atoms with van der Waals surface area (Å²) in [5, 5.41) is 8.71. The fourth-order valence-corrected chi connectivity index (χ4v) is 1.90. The molecule has 0 amide bonds. The van der Waals surface area contributed by atoms with Crippen LogP contribution in [0.15, 0.2) is 42.9 Å². The molecule has 0 aliphatic carbocycles. The number of carboxylic acids is 1. The van der Waals surface area contributed by atoms with Crippen LogP contribution in [0.3, 0.4) is 0 Å². The van der Waals surface area contributed by atoms with E-state index in [4.69, 9.17) is 5.11 Å². The smallest absolute Gasteiger partial charge is 0.323 e. The number of carbonyl (C=O) groups is 1. The van der Waals surface area contributed by atoms with Crippen molar-refractivity contribution in [3.05, 3.63) is 54.0 Å². The van der Waals surface area contributed by atoms with Gasteiger partial charge in [0.05, 0.1) is 6.67 Å². The molecule has 1 aliphatic heterocycles. The van der Waals surface area contributed by atoms with E-state index in [9.17, 15) is 4.79 Å². The average Bonchev–Trinajstić information content (AvgIpc) is 2.84. The minimum Gasteiger partial charge on any atom is -0.480 e. The van der Waals surface area contributed by atoms with Crippen LogP contribution in [0.25, 0.3) is 6.08 Å². The van der Waals surface area contributed by atoms with Gasteiger partial charge < -0.3 is 14.9 Å². The number of benzene rings is 1. The van der Waals surface area contributed by atoms with Crippen molar-refractivity contribution in [2.24, 2.45) is 0 Å². The number of aliphatic carboxylic acids is 1. The second-order valence-electron chi connectivity index (χ2n) is 4.51. The first kappa shape index (κ1) is 13.2. The lowest BCUT2D eigenvalue weighted by molar-refractivity contribution is -0.137. The molecule has 1 heterocycles. The zero-order valence-electron chi connectivity index (χ0n) is 11.0. The Morgan fingerprint density at radius 3 is 2.68 bits per heavy atom. The number of aryl methyl sites for hydroxylation is 1. The Hall–Kier alpha value is -2.23. The molecule has 1 aromatic carbocycles. The molecule has 100 valence electrons. The Kier molecular flexibility index (Phi) is 4.23. The van der Waals surface area contributed by atoms with Crippen molar-refractivity contribution in [3.63, 3.8) is 0 Å². The lowest BCUT2D eigenvalue weighted by atomic mass is 10.1.